The average molecular weight is 258 g/mol. The number of benzene rings is 1. The van der Waals surface area contributed by atoms with Crippen molar-refractivity contribution in [3.05, 3.63) is 42.2 Å². The highest BCUT2D eigenvalue weighted by Gasteiger charge is 2.07. The Balaban J connectivity index is 2.09. The highest BCUT2D eigenvalue weighted by Crippen LogP contribution is 2.19. The van der Waals surface area contributed by atoms with Gasteiger partial charge in [-0.15, -0.1) is 0 Å². The summed E-state index contributed by atoms with van der Waals surface area (Å²) in [4.78, 5) is 11.4. The van der Waals surface area contributed by atoms with Crippen LogP contribution in [0.1, 0.15) is 12.5 Å². The minimum absolute atomic E-state index is 0.146. The second-order valence-electron chi connectivity index (χ2n) is 4.61. The molecule has 1 heterocycles. The quantitative estimate of drug-likeness (QED) is 0.861. The number of aryl methyl sites for hydroxylation is 1. The van der Waals surface area contributed by atoms with Gasteiger partial charge in [0, 0.05) is 25.4 Å². The van der Waals surface area contributed by atoms with Gasteiger partial charge in [-0.1, -0.05) is 18.2 Å². The van der Waals surface area contributed by atoms with Gasteiger partial charge < -0.3 is 11.1 Å². The number of hydrogen-bond donors (Lipinski definition) is 2. The molecule has 0 unspecified atom stereocenters. The molecule has 0 bridgehead atoms. The van der Waals surface area contributed by atoms with Crippen molar-refractivity contribution in [2.75, 3.05) is 0 Å². The predicted octanol–water partition coefficient (Wildman–Crippen LogP) is 1.05. The zero-order valence-corrected chi connectivity index (χ0v) is 11.1. The third-order valence-corrected chi connectivity index (χ3v) is 2.85. The third-order valence-electron chi connectivity index (χ3n) is 2.85. The molecule has 1 aromatic heterocycles. The van der Waals surface area contributed by atoms with Crippen molar-refractivity contribution < 1.29 is 4.79 Å². The van der Waals surface area contributed by atoms with E-state index in [1.54, 1.807) is 11.6 Å². The van der Waals surface area contributed by atoms with Crippen LogP contribution in [0.4, 0.5) is 0 Å². The van der Waals surface area contributed by atoms with Crippen LogP contribution in [-0.2, 0) is 18.4 Å². The van der Waals surface area contributed by atoms with Crippen LogP contribution in [-0.4, -0.2) is 21.7 Å². The van der Waals surface area contributed by atoms with E-state index >= 15 is 0 Å². The van der Waals surface area contributed by atoms with E-state index in [1.165, 1.54) is 0 Å². The minimum Gasteiger partial charge on any atom is -0.351 e. The van der Waals surface area contributed by atoms with Crippen molar-refractivity contribution in [1.29, 1.82) is 0 Å². The Morgan fingerprint density at radius 1 is 1.47 bits per heavy atom. The summed E-state index contributed by atoms with van der Waals surface area (Å²) < 4.78 is 1.76. The monoisotopic (exact) mass is 258 g/mol. The van der Waals surface area contributed by atoms with Crippen molar-refractivity contribution in [2.24, 2.45) is 12.8 Å². The van der Waals surface area contributed by atoms with Crippen LogP contribution in [0.15, 0.2) is 36.7 Å². The summed E-state index contributed by atoms with van der Waals surface area (Å²) in [5, 5.41) is 6.95. The Morgan fingerprint density at radius 3 is 2.89 bits per heavy atom. The first-order valence-corrected chi connectivity index (χ1v) is 6.17. The fourth-order valence-electron chi connectivity index (χ4n) is 1.78. The molecule has 19 heavy (non-hydrogen) atoms. The number of nitrogens with one attached hydrogen (secondary N) is 1. The first kappa shape index (κ1) is 13.3. The average Bonchev–Trinajstić information content (AvgIpc) is 2.83. The molecule has 0 saturated heterocycles. The van der Waals surface area contributed by atoms with Crippen LogP contribution >= 0.6 is 0 Å². The highest BCUT2D eigenvalue weighted by molar-refractivity contribution is 5.81. The van der Waals surface area contributed by atoms with Crippen LogP contribution < -0.4 is 11.1 Å². The zero-order valence-electron chi connectivity index (χ0n) is 11.1. The molecule has 5 heteroatoms. The molecular weight excluding hydrogens is 240 g/mol. The summed E-state index contributed by atoms with van der Waals surface area (Å²) in [6, 6.07) is 7.52. The number of aromatic nitrogens is 2. The SMILES string of the molecule is C[C@@H](N)C(=O)NCc1cccc(-c2cnn(C)c2)c1. The van der Waals surface area contributed by atoms with Gasteiger partial charge in [-0.25, -0.2) is 0 Å². The van der Waals surface area contributed by atoms with Crippen molar-refractivity contribution >= 4 is 5.91 Å². The molecule has 0 aliphatic heterocycles. The van der Waals surface area contributed by atoms with Gasteiger partial charge in [0.05, 0.1) is 12.2 Å². The Hall–Kier alpha value is -2.14. The number of amides is 1. The van der Waals surface area contributed by atoms with Crippen LogP contribution in [0.5, 0.6) is 0 Å². The normalized spacial score (nSPS) is 12.2. The standard InChI is InChI=1S/C14H18N4O/c1-10(15)14(19)16-7-11-4-3-5-12(6-11)13-8-17-18(2)9-13/h3-6,8-10H,7,15H2,1-2H3,(H,16,19)/t10-/m1/s1. The maximum Gasteiger partial charge on any atom is 0.236 e. The number of nitrogens with zero attached hydrogens (tertiary/aromatic N) is 2. The van der Waals surface area contributed by atoms with Gasteiger partial charge in [-0.3, -0.25) is 9.48 Å². The molecule has 0 spiro atoms. The van der Waals surface area contributed by atoms with E-state index in [1.807, 2.05) is 43.7 Å². The smallest absolute Gasteiger partial charge is 0.236 e. The van der Waals surface area contributed by atoms with E-state index in [2.05, 4.69) is 10.4 Å². The molecule has 1 aromatic carbocycles. The lowest BCUT2D eigenvalue weighted by atomic mass is 10.1. The molecular formula is C14H18N4O. The summed E-state index contributed by atoms with van der Waals surface area (Å²) in [5.74, 6) is -0.146. The van der Waals surface area contributed by atoms with Gasteiger partial charge in [0.15, 0.2) is 0 Å². The second-order valence-corrected chi connectivity index (χ2v) is 4.61. The van der Waals surface area contributed by atoms with Gasteiger partial charge in [-0.05, 0) is 24.1 Å². The van der Waals surface area contributed by atoms with E-state index < -0.39 is 6.04 Å². The summed E-state index contributed by atoms with van der Waals surface area (Å²) in [6.07, 6.45) is 3.78. The Bertz CT molecular complexity index is 574. The molecule has 0 aliphatic rings. The molecule has 0 aliphatic carbocycles. The number of carbonyl (C=O) groups excluding carboxylic acids is 1. The predicted molar refractivity (Wildman–Crippen MR) is 74.1 cm³/mol. The van der Waals surface area contributed by atoms with Crippen LogP contribution in [0, 0.1) is 0 Å². The Morgan fingerprint density at radius 2 is 2.26 bits per heavy atom. The molecule has 2 rings (SSSR count). The number of carbonyl (C=O) groups is 1. The summed E-state index contributed by atoms with van der Waals surface area (Å²) in [7, 11) is 1.89. The fourth-order valence-corrected chi connectivity index (χ4v) is 1.78. The van der Waals surface area contributed by atoms with E-state index in [-0.39, 0.29) is 5.91 Å². The van der Waals surface area contributed by atoms with E-state index in [4.69, 9.17) is 5.73 Å². The Kier molecular flexibility index (Phi) is 3.97. The molecule has 2 aromatic rings. The maximum absolute atomic E-state index is 11.4. The van der Waals surface area contributed by atoms with E-state index in [0.717, 1.165) is 16.7 Å². The molecule has 1 atom stereocenters. The van der Waals surface area contributed by atoms with E-state index in [9.17, 15) is 4.79 Å². The van der Waals surface area contributed by atoms with Crippen molar-refractivity contribution in [1.82, 2.24) is 15.1 Å². The number of nitrogens with two attached hydrogens (primary N) is 1. The largest absolute Gasteiger partial charge is 0.351 e. The Labute approximate surface area is 112 Å². The summed E-state index contributed by atoms with van der Waals surface area (Å²) >= 11 is 0. The number of rotatable bonds is 4. The highest BCUT2D eigenvalue weighted by atomic mass is 16.2. The van der Waals surface area contributed by atoms with Crippen LogP contribution in [0.2, 0.25) is 0 Å². The van der Waals surface area contributed by atoms with Crippen molar-refractivity contribution in [3.8, 4) is 11.1 Å². The lowest BCUT2D eigenvalue weighted by molar-refractivity contribution is -0.122. The van der Waals surface area contributed by atoms with Gasteiger partial charge in [-0.2, -0.15) is 5.10 Å². The molecule has 100 valence electrons. The fraction of sp³-hybridized carbons (Fsp3) is 0.286. The maximum atomic E-state index is 11.4. The van der Waals surface area contributed by atoms with Gasteiger partial charge >= 0.3 is 0 Å². The molecule has 0 saturated carbocycles. The molecule has 0 fully saturated rings. The topological polar surface area (TPSA) is 72.9 Å². The van der Waals surface area contributed by atoms with Crippen LogP contribution in [0.3, 0.4) is 0 Å². The van der Waals surface area contributed by atoms with Gasteiger partial charge in [0.1, 0.15) is 0 Å². The van der Waals surface area contributed by atoms with Gasteiger partial charge in [0.25, 0.3) is 0 Å². The molecule has 5 nitrogen and oxygen atoms in total. The van der Waals surface area contributed by atoms with Crippen molar-refractivity contribution in [2.45, 2.75) is 19.5 Å². The van der Waals surface area contributed by atoms with E-state index in [0.29, 0.717) is 6.54 Å². The second kappa shape index (κ2) is 5.67. The summed E-state index contributed by atoms with van der Waals surface area (Å²) in [5.41, 5.74) is 8.68. The lowest BCUT2D eigenvalue weighted by Gasteiger charge is -2.08. The summed E-state index contributed by atoms with van der Waals surface area (Å²) in [6.45, 7) is 2.15. The molecule has 1 amide bonds. The first-order valence-electron chi connectivity index (χ1n) is 6.17. The van der Waals surface area contributed by atoms with Crippen LogP contribution in [0.25, 0.3) is 11.1 Å². The lowest BCUT2D eigenvalue weighted by Crippen LogP contribution is -2.37. The third kappa shape index (κ3) is 3.42. The van der Waals surface area contributed by atoms with Gasteiger partial charge in [0.2, 0.25) is 5.91 Å². The molecule has 3 N–H and O–H groups in total. The first-order chi connectivity index (χ1) is 9.06. The zero-order chi connectivity index (χ0) is 13.8. The molecule has 0 radical (unpaired) electrons. The number of hydrogen-bond acceptors (Lipinski definition) is 3. The minimum atomic E-state index is -0.485. The van der Waals surface area contributed by atoms with Crippen molar-refractivity contribution in [3.63, 3.8) is 0 Å².